The van der Waals surface area contributed by atoms with Crippen LogP contribution >= 0.6 is 0 Å². The van der Waals surface area contributed by atoms with E-state index in [0.29, 0.717) is 37.2 Å². The average Bonchev–Trinajstić information content (AvgIpc) is 3.59. The Hall–Kier alpha value is -3.00. The van der Waals surface area contributed by atoms with Gasteiger partial charge in [0.05, 0.1) is 11.6 Å². The van der Waals surface area contributed by atoms with Crippen LogP contribution in [0.1, 0.15) is 32.1 Å². The molecule has 2 aliphatic heterocycles. The van der Waals surface area contributed by atoms with Gasteiger partial charge in [-0.1, -0.05) is 0 Å². The zero-order valence-corrected chi connectivity index (χ0v) is 18.2. The van der Waals surface area contributed by atoms with E-state index in [1.54, 1.807) is 23.2 Å². The number of anilines is 2. The van der Waals surface area contributed by atoms with E-state index in [1.807, 2.05) is 29.2 Å². The standard InChI is InChI=1S/C24H29N5O3/c30-23(14-17-3-4-17)28-12-9-21(10-13-28)32-20-7-5-19(6-8-20)29(22-2-1-11-26-27-22)24(31)18-15-25-16-18/h1-2,5-8,11,17-18,21,25H,3-4,9-10,12-16H2. The number of hydrogen-bond donors (Lipinski definition) is 1. The van der Waals surface area contributed by atoms with Gasteiger partial charge in [0.15, 0.2) is 5.82 Å². The molecule has 1 N–H and O–H groups in total. The van der Waals surface area contributed by atoms with Gasteiger partial charge in [-0.3, -0.25) is 14.5 Å². The van der Waals surface area contributed by atoms with Crippen LogP contribution in [0.2, 0.25) is 0 Å². The van der Waals surface area contributed by atoms with Gasteiger partial charge in [-0.05, 0) is 55.2 Å². The lowest BCUT2D eigenvalue weighted by molar-refractivity contribution is -0.133. The number of benzene rings is 1. The van der Waals surface area contributed by atoms with E-state index in [-0.39, 0.29) is 17.9 Å². The number of rotatable bonds is 7. The van der Waals surface area contributed by atoms with Crippen LogP contribution in [0.25, 0.3) is 0 Å². The van der Waals surface area contributed by atoms with Gasteiger partial charge in [0.25, 0.3) is 0 Å². The molecule has 3 fully saturated rings. The monoisotopic (exact) mass is 435 g/mol. The Kier molecular flexibility index (Phi) is 6.03. The first-order valence-electron chi connectivity index (χ1n) is 11.5. The number of likely N-dealkylation sites (tertiary alicyclic amines) is 1. The van der Waals surface area contributed by atoms with Crippen molar-refractivity contribution in [2.24, 2.45) is 11.8 Å². The molecule has 3 aliphatic rings. The second kappa shape index (κ2) is 9.24. The van der Waals surface area contributed by atoms with Gasteiger partial charge in [0.1, 0.15) is 11.9 Å². The summed E-state index contributed by atoms with van der Waals surface area (Å²) in [5.74, 6) is 2.17. The molecule has 8 heteroatoms. The number of nitrogens with zero attached hydrogens (tertiary/aromatic N) is 4. The van der Waals surface area contributed by atoms with E-state index in [2.05, 4.69) is 15.5 Å². The summed E-state index contributed by atoms with van der Waals surface area (Å²) in [6.07, 6.45) is 6.51. The zero-order valence-electron chi connectivity index (χ0n) is 18.2. The van der Waals surface area contributed by atoms with Crippen molar-refractivity contribution >= 4 is 23.3 Å². The van der Waals surface area contributed by atoms with Crippen LogP contribution in [0, 0.1) is 11.8 Å². The molecule has 2 aromatic rings. The third-order valence-electron chi connectivity index (χ3n) is 6.49. The van der Waals surface area contributed by atoms with Gasteiger partial charge in [0, 0.05) is 51.6 Å². The highest BCUT2D eigenvalue weighted by Crippen LogP contribution is 2.33. The number of hydrogen-bond acceptors (Lipinski definition) is 6. The maximum absolute atomic E-state index is 13.0. The number of carbonyl (C=O) groups is 2. The molecule has 5 rings (SSSR count). The molecular formula is C24H29N5O3. The molecule has 8 nitrogen and oxygen atoms in total. The largest absolute Gasteiger partial charge is 0.490 e. The van der Waals surface area contributed by atoms with Crippen molar-refractivity contribution in [2.75, 3.05) is 31.1 Å². The molecule has 0 radical (unpaired) electrons. The molecule has 0 spiro atoms. The molecule has 1 aromatic heterocycles. The Bertz CT molecular complexity index is 936. The van der Waals surface area contributed by atoms with E-state index in [9.17, 15) is 9.59 Å². The lowest BCUT2D eigenvalue weighted by Crippen LogP contribution is -2.51. The molecule has 32 heavy (non-hydrogen) atoms. The summed E-state index contributed by atoms with van der Waals surface area (Å²) in [5.41, 5.74) is 0.746. The Morgan fingerprint density at radius 3 is 2.41 bits per heavy atom. The first-order valence-corrected chi connectivity index (χ1v) is 11.5. The van der Waals surface area contributed by atoms with Gasteiger partial charge in [-0.2, -0.15) is 5.10 Å². The van der Waals surface area contributed by atoms with Crippen molar-refractivity contribution in [1.29, 1.82) is 0 Å². The summed E-state index contributed by atoms with van der Waals surface area (Å²) < 4.78 is 6.18. The first kappa shape index (κ1) is 20.9. The third kappa shape index (κ3) is 4.75. The maximum atomic E-state index is 13.0. The van der Waals surface area contributed by atoms with Crippen LogP contribution in [-0.4, -0.2) is 59.2 Å². The lowest BCUT2D eigenvalue weighted by Gasteiger charge is -2.33. The Balaban J connectivity index is 1.21. The van der Waals surface area contributed by atoms with Crippen molar-refractivity contribution in [3.05, 3.63) is 42.6 Å². The molecule has 0 atom stereocenters. The number of nitrogens with one attached hydrogen (secondary N) is 1. The van der Waals surface area contributed by atoms with Crippen LogP contribution in [0.3, 0.4) is 0 Å². The maximum Gasteiger partial charge on any atom is 0.238 e. The normalized spacial score (nSPS) is 19.3. The molecule has 1 aromatic carbocycles. The second-order valence-corrected chi connectivity index (χ2v) is 8.95. The smallest absolute Gasteiger partial charge is 0.238 e. The first-order chi connectivity index (χ1) is 15.7. The van der Waals surface area contributed by atoms with Gasteiger partial charge in [0.2, 0.25) is 11.8 Å². The fraction of sp³-hybridized carbons (Fsp3) is 0.500. The second-order valence-electron chi connectivity index (χ2n) is 8.95. The van der Waals surface area contributed by atoms with Crippen molar-refractivity contribution < 1.29 is 14.3 Å². The minimum atomic E-state index is -0.0549. The number of aromatic nitrogens is 2. The molecular weight excluding hydrogens is 406 g/mol. The predicted octanol–water partition coefficient (Wildman–Crippen LogP) is 2.53. The van der Waals surface area contributed by atoms with E-state index in [4.69, 9.17) is 4.74 Å². The number of piperidine rings is 1. The number of ether oxygens (including phenoxy) is 1. The molecule has 1 saturated carbocycles. The van der Waals surface area contributed by atoms with Crippen LogP contribution in [-0.2, 0) is 9.59 Å². The highest BCUT2D eigenvalue weighted by Gasteiger charge is 2.32. The topological polar surface area (TPSA) is 87.7 Å². The van der Waals surface area contributed by atoms with E-state index in [1.165, 1.54) is 12.8 Å². The molecule has 168 valence electrons. The van der Waals surface area contributed by atoms with Gasteiger partial charge >= 0.3 is 0 Å². The number of amides is 2. The summed E-state index contributed by atoms with van der Waals surface area (Å²) in [5, 5.41) is 11.2. The van der Waals surface area contributed by atoms with E-state index >= 15 is 0 Å². The average molecular weight is 436 g/mol. The molecule has 2 saturated heterocycles. The van der Waals surface area contributed by atoms with Gasteiger partial charge < -0.3 is 15.0 Å². The zero-order chi connectivity index (χ0) is 21.9. The van der Waals surface area contributed by atoms with E-state index < -0.39 is 0 Å². The Morgan fingerprint density at radius 1 is 1.06 bits per heavy atom. The molecule has 0 bridgehead atoms. The fourth-order valence-corrected chi connectivity index (χ4v) is 4.22. The summed E-state index contributed by atoms with van der Waals surface area (Å²) in [6, 6.07) is 11.1. The predicted molar refractivity (Wildman–Crippen MR) is 120 cm³/mol. The van der Waals surface area contributed by atoms with Crippen LogP contribution in [0.4, 0.5) is 11.5 Å². The highest BCUT2D eigenvalue weighted by molar-refractivity contribution is 6.01. The molecule has 0 unspecified atom stereocenters. The summed E-state index contributed by atoms with van der Waals surface area (Å²) >= 11 is 0. The van der Waals surface area contributed by atoms with Gasteiger partial charge in [-0.25, -0.2) is 0 Å². The quantitative estimate of drug-likeness (QED) is 0.719. The molecule has 3 heterocycles. The van der Waals surface area contributed by atoms with Crippen molar-refractivity contribution in [1.82, 2.24) is 20.4 Å². The summed E-state index contributed by atoms with van der Waals surface area (Å²) in [7, 11) is 0. The Morgan fingerprint density at radius 2 is 1.81 bits per heavy atom. The summed E-state index contributed by atoms with van der Waals surface area (Å²) in [6.45, 7) is 2.88. The van der Waals surface area contributed by atoms with Crippen LogP contribution in [0.5, 0.6) is 5.75 Å². The van der Waals surface area contributed by atoms with Crippen molar-refractivity contribution in [3.63, 3.8) is 0 Å². The minimum absolute atomic E-state index is 0.0150. The molecule has 2 amide bonds. The van der Waals surface area contributed by atoms with Gasteiger partial charge in [-0.15, -0.1) is 5.10 Å². The molecule has 1 aliphatic carbocycles. The van der Waals surface area contributed by atoms with Crippen LogP contribution < -0.4 is 15.0 Å². The van der Waals surface area contributed by atoms with Crippen molar-refractivity contribution in [2.45, 2.75) is 38.2 Å². The van der Waals surface area contributed by atoms with Crippen LogP contribution in [0.15, 0.2) is 42.6 Å². The number of carbonyl (C=O) groups excluding carboxylic acids is 2. The van der Waals surface area contributed by atoms with Crippen molar-refractivity contribution in [3.8, 4) is 5.75 Å². The van der Waals surface area contributed by atoms with E-state index in [0.717, 1.165) is 37.4 Å². The minimum Gasteiger partial charge on any atom is -0.490 e. The SMILES string of the molecule is O=C(CC1CC1)N1CCC(Oc2ccc(N(C(=O)C3CNC3)c3cccnn3)cc2)CC1. The lowest BCUT2D eigenvalue weighted by atomic mass is 10.0. The summed E-state index contributed by atoms with van der Waals surface area (Å²) in [4.78, 5) is 29.0. The highest BCUT2D eigenvalue weighted by atomic mass is 16.5. The third-order valence-corrected chi connectivity index (χ3v) is 6.49. The Labute approximate surface area is 187 Å². The fourth-order valence-electron chi connectivity index (χ4n) is 4.22.